The molecule has 2 amide bonds. The summed E-state index contributed by atoms with van der Waals surface area (Å²) >= 11 is 0. The predicted octanol–water partition coefficient (Wildman–Crippen LogP) is 5.95. The van der Waals surface area contributed by atoms with Gasteiger partial charge in [-0.2, -0.15) is 18.3 Å². The number of carbonyl (C=O) groups is 4. The molecule has 0 spiro atoms. The van der Waals surface area contributed by atoms with Gasteiger partial charge in [0.15, 0.2) is 11.6 Å². The maximum atomic E-state index is 14.4. The Hall–Kier alpha value is -4.09. The van der Waals surface area contributed by atoms with Gasteiger partial charge in [0.05, 0.1) is 23.7 Å². The third-order valence-corrected chi connectivity index (χ3v) is 10.4. The van der Waals surface area contributed by atoms with Crippen LogP contribution in [0.5, 0.6) is 0 Å². The molecular weight excluding hydrogens is 635 g/mol. The summed E-state index contributed by atoms with van der Waals surface area (Å²) in [6.45, 7) is 7.45. The van der Waals surface area contributed by atoms with Crippen molar-refractivity contribution in [2.45, 2.75) is 117 Å². The monoisotopic (exact) mass is 679 g/mol. The molecule has 3 atom stereocenters. The van der Waals surface area contributed by atoms with Crippen LogP contribution in [0.15, 0.2) is 24.3 Å². The summed E-state index contributed by atoms with van der Waals surface area (Å²) < 4.78 is 42.0. The van der Waals surface area contributed by atoms with Gasteiger partial charge in [0, 0.05) is 36.7 Å². The fourth-order valence-corrected chi connectivity index (χ4v) is 7.86. The van der Waals surface area contributed by atoms with Gasteiger partial charge in [-0.1, -0.05) is 38.8 Å². The quantitative estimate of drug-likeness (QED) is 0.322. The van der Waals surface area contributed by atoms with Gasteiger partial charge >= 0.3 is 6.18 Å². The van der Waals surface area contributed by atoms with Crippen LogP contribution in [0.3, 0.4) is 0 Å². The molecule has 2 aliphatic heterocycles. The van der Waals surface area contributed by atoms with Crippen LogP contribution in [0, 0.1) is 18.3 Å². The molecule has 1 saturated carbocycles. The Balaban J connectivity index is 1.38. The van der Waals surface area contributed by atoms with Crippen LogP contribution in [0.2, 0.25) is 0 Å². The molecule has 0 unspecified atom stereocenters. The van der Waals surface area contributed by atoms with Crippen LogP contribution in [-0.4, -0.2) is 61.7 Å². The zero-order chi connectivity index (χ0) is 35.2. The third kappa shape index (κ3) is 7.14. The van der Waals surface area contributed by atoms with Crippen LogP contribution >= 0.6 is 0 Å². The summed E-state index contributed by atoms with van der Waals surface area (Å²) in [7, 11) is 0. The van der Waals surface area contributed by atoms with E-state index in [-0.39, 0.29) is 42.3 Å². The van der Waals surface area contributed by atoms with E-state index in [1.807, 2.05) is 6.07 Å². The molecule has 1 aromatic carbocycles. The lowest BCUT2D eigenvalue weighted by Gasteiger charge is -2.27. The minimum atomic E-state index is -4.66. The molecule has 49 heavy (non-hydrogen) atoms. The summed E-state index contributed by atoms with van der Waals surface area (Å²) in [6, 6.07) is 5.14. The highest BCUT2D eigenvalue weighted by Crippen LogP contribution is 2.59. The average molecular weight is 680 g/mol. The Morgan fingerprint density at radius 2 is 1.80 bits per heavy atom. The largest absolute Gasteiger partial charge is 0.433 e. The highest BCUT2D eigenvalue weighted by molar-refractivity contribution is 6.06. The van der Waals surface area contributed by atoms with E-state index in [1.54, 1.807) is 16.5 Å². The molecule has 2 bridgehead atoms. The van der Waals surface area contributed by atoms with Crippen molar-refractivity contribution in [1.29, 1.82) is 0 Å². The van der Waals surface area contributed by atoms with Gasteiger partial charge in [-0.05, 0) is 80.2 Å². The van der Waals surface area contributed by atoms with Crippen molar-refractivity contribution in [2.24, 2.45) is 11.3 Å². The molecule has 9 nitrogen and oxygen atoms in total. The molecule has 12 heteroatoms. The van der Waals surface area contributed by atoms with Crippen molar-refractivity contribution in [3.05, 3.63) is 58.0 Å². The molecular formula is C37H44F3N5O4. The standard InChI is InChI=1S/C37H44F3N5O4/c1-21(2)13-24-14-25-9-7-5-6-8-10-32(48)41-20-36-17-28(29(47)16-27-22(3)11-12-30(42-27)37(38,39)40)45(31(36)18-36)33(49)19-44-35(25)26(15-24)34(43-44)23(4)46/h11-12,14-15,21,28,31H,5-10,13,16-20H2,1-4H3,(H,41,48)/t28-,31+,36-/m0/s1. The molecule has 0 radical (unpaired) electrons. The first-order valence-corrected chi connectivity index (χ1v) is 17.3. The second kappa shape index (κ2) is 13.3. The molecule has 2 aromatic heterocycles. The van der Waals surface area contributed by atoms with Gasteiger partial charge in [-0.3, -0.25) is 23.9 Å². The molecule has 6 rings (SSSR count). The number of alkyl halides is 3. The normalized spacial score (nSPS) is 23.4. The number of hydrogen-bond donors (Lipinski definition) is 1. The van der Waals surface area contributed by atoms with Gasteiger partial charge in [0.1, 0.15) is 17.9 Å². The van der Waals surface area contributed by atoms with Gasteiger partial charge in [0.2, 0.25) is 11.8 Å². The average Bonchev–Trinajstić information content (AvgIpc) is 3.43. The number of hydrogen-bond acceptors (Lipinski definition) is 6. The molecule has 2 fully saturated rings. The third-order valence-electron chi connectivity index (χ3n) is 10.4. The van der Waals surface area contributed by atoms with Crippen molar-refractivity contribution in [1.82, 2.24) is 25.0 Å². The van der Waals surface area contributed by atoms with Crippen LogP contribution < -0.4 is 5.32 Å². The van der Waals surface area contributed by atoms with Crippen molar-refractivity contribution in [3.63, 3.8) is 0 Å². The summed E-state index contributed by atoms with van der Waals surface area (Å²) in [5, 5.41) is 8.42. The summed E-state index contributed by atoms with van der Waals surface area (Å²) in [5.41, 5.74) is 2.04. The highest BCUT2D eigenvalue weighted by Gasteiger charge is 2.66. The lowest BCUT2D eigenvalue weighted by molar-refractivity contribution is -0.141. The van der Waals surface area contributed by atoms with Gasteiger partial charge in [-0.25, -0.2) is 4.98 Å². The van der Waals surface area contributed by atoms with E-state index in [0.29, 0.717) is 54.8 Å². The zero-order valence-corrected chi connectivity index (χ0v) is 28.6. The lowest BCUT2D eigenvalue weighted by Crippen LogP contribution is -2.45. The van der Waals surface area contributed by atoms with Crippen LogP contribution in [0.4, 0.5) is 13.2 Å². The Labute approximate surface area is 284 Å². The van der Waals surface area contributed by atoms with E-state index in [0.717, 1.165) is 54.8 Å². The number of aromatic nitrogens is 3. The first-order valence-electron chi connectivity index (χ1n) is 17.3. The van der Waals surface area contributed by atoms with Crippen molar-refractivity contribution in [2.75, 3.05) is 6.54 Å². The number of ketones is 2. The Kier molecular flexibility index (Phi) is 9.45. The number of benzene rings is 1. The van der Waals surface area contributed by atoms with Crippen molar-refractivity contribution in [3.8, 4) is 0 Å². The smallest absolute Gasteiger partial charge is 0.355 e. The fraction of sp³-hybridized carbons (Fsp3) is 0.568. The van der Waals surface area contributed by atoms with Crippen molar-refractivity contribution < 1.29 is 32.3 Å². The molecule has 3 aromatic rings. The highest BCUT2D eigenvalue weighted by atomic mass is 19.4. The zero-order valence-electron chi connectivity index (χ0n) is 28.6. The van der Waals surface area contributed by atoms with E-state index >= 15 is 0 Å². The van der Waals surface area contributed by atoms with Crippen molar-refractivity contribution >= 4 is 34.3 Å². The second-order valence-corrected chi connectivity index (χ2v) is 14.7. The first-order chi connectivity index (χ1) is 23.2. The number of amides is 2. The lowest BCUT2D eigenvalue weighted by atomic mass is 9.94. The predicted molar refractivity (Wildman–Crippen MR) is 177 cm³/mol. The number of nitrogens with zero attached hydrogens (tertiary/aromatic N) is 4. The van der Waals surface area contributed by atoms with Gasteiger partial charge in [0.25, 0.3) is 0 Å². The number of nitrogens with one attached hydrogen (secondary N) is 1. The molecule has 1 aliphatic carbocycles. The van der Waals surface area contributed by atoms with Crippen LogP contribution in [0.25, 0.3) is 10.9 Å². The molecule has 1 N–H and O–H groups in total. The second-order valence-electron chi connectivity index (χ2n) is 14.7. The fourth-order valence-electron chi connectivity index (χ4n) is 7.86. The van der Waals surface area contributed by atoms with E-state index in [4.69, 9.17) is 0 Å². The number of aryl methyl sites for hydroxylation is 2. The number of piperidine rings is 1. The van der Waals surface area contributed by atoms with Crippen LogP contribution in [-0.2, 0) is 46.4 Å². The number of Topliss-reactive ketones (excluding diaryl/α,β-unsaturated/α-hetero) is 2. The number of halogens is 3. The minimum absolute atomic E-state index is 0.0237. The Bertz CT molecular complexity index is 1820. The van der Waals surface area contributed by atoms with E-state index in [9.17, 15) is 32.3 Å². The molecule has 262 valence electrons. The van der Waals surface area contributed by atoms with Gasteiger partial charge < -0.3 is 10.2 Å². The number of carbonyl (C=O) groups excluding carboxylic acids is 4. The molecule has 3 aliphatic rings. The maximum absolute atomic E-state index is 14.4. The topological polar surface area (TPSA) is 114 Å². The van der Waals surface area contributed by atoms with E-state index in [2.05, 4.69) is 35.3 Å². The summed E-state index contributed by atoms with van der Waals surface area (Å²) in [5.74, 6) is -0.642. The number of pyridine rings is 1. The number of rotatable bonds is 6. The van der Waals surface area contributed by atoms with E-state index in [1.165, 1.54) is 13.0 Å². The Morgan fingerprint density at radius 1 is 1.06 bits per heavy atom. The first kappa shape index (κ1) is 34.8. The van der Waals surface area contributed by atoms with Crippen LogP contribution in [0.1, 0.15) is 104 Å². The molecule has 1 saturated heterocycles. The summed E-state index contributed by atoms with van der Waals surface area (Å²) in [4.78, 5) is 59.3. The minimum Gasteiger partial charge on any atom is -0.355 e. The van der Waals surface area contributed by atoms with E-state index < -0.39 is 29.1 Å². The SMILES string of the molecule is CC(=O)c1nn2c3c(cc(CC(C)C)cc13)CCCCCCC(=O)NC[C@@]13C[C@@H](C(=O)Cc4nc(C(F)(F)F)ccc4C)N(C(=O)C2)[C@@H]1C3. The molecule has 4 heterocycles. The van der Waals surface area contributed by atoms with Gasteiger partial charge in [-0.15, -0.1) is 0 Å². The maximum Gasteiger partial charge on any atom is 0.433 e. The summed E-state index contributed by atoms with van der Waals surface area (Å²) in [6.07, 6.45) is 1.22. The Morgan fingerprint density at radius 3 is 2.49 bits per heavy atom.